The fourth-order valence-corrected chi connectivity index (χ4v) is 1.43. The number of aromatic nitrogens is 2. The Morgan fingerprint density at radius 3 is 2.61 bits per heavy atom. The Kier molecular flexibility index (Phi) is 6.03. The molecule has 1 rings (SSSR count). The molecule has 0 unspecified atom stereocenters. The molecule has 0 bridgehead atoms. The summed E-state index contributed by atoms with van der Waals surface area (Å²) in [7, 11) is 1.31. The van der Waals surface area contributed by atoms with Gasteiger partial charge < -0.3 is 16.0 Å². The average Bonchev–Trinajstić information content (AvgIpc) is 2.53. The monoisotopic (exact) mass is 322 g/mol. The van der Waals surface area contributed by atoms with Crippen molar-refractivity contribution in [2.45, 2.75) is 6.18 Å². The van der Waals surface area contributed by atoms with Crippen LogP contribution in [0.15, 0.2) is 42.3 Å². The molecule has 1 aromatic heterocycles. The van der Waals surface area contributed by atoms with Crippen LogP contribution in [0.5, 0.6) is 0 Å². The molecule has 0 amide bonds. The van der Waals surface area contributed by atoms with E-state index in [-0.39, 0.29) is 17.2 Å². The number of halogens is 3. The van der Waals surface area contributed by atoms with Gasteiger partial charge in [-0.25, -0.2) is 4.98 Å². The number of rotatable bonds is 6. The maximum atomic E-state index is 12.7. The molecule has 6 nitrogen and oxygen atoms in total. The summed E-state index contributed by atoms with van der Waals surface area (Å²) < 4.78 is 38.2. The van der Waals surface area contributed by atoms with Crippen LogP contribution < -0.4 is 10.6 Å². The van der Waals surface area contributed by atoms with E-state index in [4.69, 9.17) is 10.7 Å². The van der Waals surface area contributed by atoms with Gasteiger partial charge in [0.05, 0.1) is 17.3 Å². The van der Waals surface area contributed by atoms with Crippen molar-refractivity contribution in [2.75, 3.05) is 17.7 Å². The molecule has 1 heterocycles. The van der Waals surface area contributed by atoms with Gasteiger partial charge in [-0.3, -0.25) is 0 Å². The molecule has 0 radical (unpaired) electrons. The highest BCUT2D eigenvalue weighted by atomic mass is 19.4. The number of anilines is 2. The summed E-state index contributed by atoms with van der Waals surface area (Å²) in [6, 6.07) is 1.87. The summed E-state index contributed by atoms with van der Waals surface area (Å²) in [5.74, 6) is -0.513. The minimum Gasteiger partial charge on any atom is -0.372 e. The third-order valence-corrected chi connectivity index (χ3v) is 2.53. The maximum Gasteiger partial charge on any atom is 0.421 e. The van der Waals surface area contributed by atoms with Crippen LogP contribution in [0.1, 0.15) is 5.56 Å². The average molecular weight is 322 g/mol. The Hall–Kier alpha value is -3.15. The molecule has 0 atom stereocenters. The molecular weight excluding hydrogens is 309 g/mol. The Bertz CT molecular complexity index is 697. The second-order valence-electron chi connectivity index (χ2n) is 4.03. The summed E-state index contributed by atoms with van der Waals surface area (Å²) in [6.07, 6.45) is 1.08. The smallest absolute Gasteiger partial charge is 0.372 e. The SMILES string of the molecule is C=C/C(C#N)=C\C=C(C=N)Nc1ncc(C(F)(F)F)c(NC)n1. The molecule has 0 aliphatic heterocycles. The number of allylic oxidation sites excluding steroid dienone is 5. The van der Waals surface area contributed by atoms with Crippen LogP contribution in [0.3, 0.4) is 0 Å². The number of nitrogens with one attached hydrogen (secondary N) is 3. The Balaban J connectivity index is 3.11. The van der Waals surface area contributed by atoms with E-state index < -0.39 is 17.6 Å². The van der Waals surface area contributed by atoms with E-state index in [9.17, 15) is 13.2 Å². The molecule has 9 heteroatoms. The minimum absolute atomic E-state index is 0.123. The molecule has 0 saturated heterocycles. The maximum absolute atomic E-state index is 12.7. The predicted octanol–water partition coefficient (Wildman–Crippen LogP) is 3.12. The van der Waals surface area contributed by atoms with Crippen molar-refractivity contribution in [1.82, 2.24) is 9.97 Å². The standard InChI is InChI=1S/C14H13F3N6/c1-3-9(6-18)4-5-10(7-19)22-13-21-8-11(14(15,16)17)12(20-2)23-13/h3-5,7-8,19H,1H2,2H3,(H2,20,21,22,23)/b9-4+,10-5?,19-7?. The van der Waals surface area contributed by atoms with Gasteiger partial charge in [0.2, 0.25) is 5.95 Å². The molecule has 120 valence electrons. The molecule has 0 aromatic carbocycles. The van der Waals surface area contributed by atoms with Crippen LogP contribution in [-0.2, 0) is 6.18 Å². The van der Waals surface area contributed by atoms with Crippen LogP contribution in [0.4, 0.5) is 24.9 Å². The highest BCUT2D eigenvalue weighted by molar-refractivity contribution is 5.80. The second-order valence-corrected chi connectivity index (χ2v) is 4.03. The van der Waals surface area contributed by atoms with Gasteiger partial charge in [0, 0.05) is 19.5 Å². The van der Waals surface area contributed by atoms with Gasteiger partial charge in [0.25, 0.3) is 0 Å². The van der Waals surface area contributed by atoms with Gasteiger partial charge in [-0.1, -0.05) is 12.7 Å². The first-order valence-electron chi connectivity index (χ1n) is 6.19. The summed E-state index contributed by atoms with van der Waals surface area (Å²) in [4.78, 5) is 7.29. The van der Waals surface area contributed by atoms with Crippen molar-refractivity contribution >= 4 is 18.0 Å². The van der Waals surface area contributed by atoms with E-state index in [0.717, 1.165) is 6.21 Å². The first-order chi connectivity index (χ1) is 10.8. The zero-order valence-corrected chi connectivity index (χ0v) is 12.1. The minimum atomic E-state index is -4.58. The van der Waals surface area contributed by atoms with Crippen molar-refractivity contribution in [1.29, 1.82) is 10.7 Å². The van der Waals surface area contributed by atoms with Crippen LogP contribution in [0.2, 0.25) is 0 Å². The van der Waals surface area contributed by atoms with Crippen molar-refractivity contribution in [2.24, 2.45) is 0 Å². The van der Waals surface area contributed by atoms with Gasteiger partial charge in [0.15, 0.2) is 0 Å². The Morgan fingerprint density at radius 1 is 1.43 bits per heavy atom. The summed E-state index contributed by atoms with van der Waals surface area (Å²) in [5.41, 5.74) is -0.555. The van der Waals surface area contributed by atoms with Gasteiger partial charge in [-0.05, 0) is 12.2 Å². The molecule has 23 heavy (non-hydrogen) atoms. The normalized spacial score (nSPS) is 12.3. The fourth-order valence-electron chi connectivity index (χ4n) is 1.43. The second kappa shape index (κ2) is 7.74. The molecule has 0 aliphatic rings. The Morgan fingerprint density at radius 2 is 2.13 bits per heavy atom. The molecule has 0 fully saturated rings. The highest BCUT2D eigenvalue weighted by Gasteiger charge is 2.35. The van der Waals surface area contributed by atoms with E-state index in [1.165, 1.54) is 25.3 Å². The topological polar surface area (TPSA) is 97.5 Å². The first kappa shape index (κ1) is 17.9. The Labute approximate surface area is 130 Å². The summed E-state index contributed by atoms with van der Waals surface area (Å²) in [5, 5.41) is 20.9. The number of hydrogen-bond donors (Lipinski definition) is 3. The number of nitriles is 1. The van der Waals surface area contributed by atoms with Gasteiger partial charge in [0.1, 0.15) is 11.4 Å². The lowest BCUT2D eigenvalue weighted by Gasteiger charge is -2.12. The quantitative estimate of drug-likeness (QED) is 0.425. The van der Waals surface area contributed by atoms with Crippen LogP contribution in [-0.4, -0.2) is 23.2 Å². The molecular formula is C14H13F3N6. The lowest BCUT2D eigenvalue weighted by molar-refractivity contribution is -0.137. The lowest BCUT2D eigenvalue weighted by atomic mass is 10.2. The van der Waals surface area contributed by atoms with Crippen molar-refractivity contribution in [3.8, 4) is 6.07 Å². The van der Waals surface area contributed by atoms with Crippen molar-refractivity contribution < 1.29 is 13.2 Å². The van der Waals surface area contributed by atoms with Crippen LogP contribution >= 0.6 is 0 Å². The van der Waals surface area contributed by atoms with Gasteiger partial charge in [-0.15, -0.1) is 0 Å². The van der Waals surface area contributed by atoms with E-state index in [0.29, 0.717) is 6.20 Å². The zero-order chi connectivity index (χ0) is 17.5. The zero-order valence-electron chi connectivity index (χ0n) is 12.1. The number of hydrogen-bond acceptors (Lipinski definition) is 6. The molecule has 3 N–H and O–H groups in total. The van der Waals surface area contributed by atoms with E-state index >= 15 is 0 Å². The van der Waals surface area contributed by atoms with Gasteiger partial charge in [-0.2, -0.15) is 23.4 Å². The fraction of sp³-hybridized carbons (Fsp3) is 0.143. The van der Waals surface area contributed by atoms with E-state index in [1.807, 2.05) is 6.07 Å². The first-order valence-corrected chi connectivity index (χ1v) is 6.19. The molecule has 0 aliphatic carbocycles. The number of alkyl halides is 3. The molecule has 1 aromatic rings. The van der Waals surface area contributed by atoms with Crippen LogP contribution in [0.25, 0.3) is 0 Å². The van der Waals surface area contributed by atoms with Crippen LogP contribution in [0, 0.1) is 16.7 Å². The number of nitrogens with zero attached hydrogens (tertiary/aromatic N) is 3. The third kappa shape index (κ3) is 4.96. The third-order valence-electron chi connectivity index (χ3n) is 2.53. The summed E-state index contributed by atoms with van der Waals surface area (Å²) in [6.45, 7) is 3.44. The predicted molar refractivity (Wildman–Crippen MR) is 81.0 cm³/mol. The molecule has 0 spiro atoms. The van der Waals surface area contributed by atoms with Crippen molar-refractivity contribution in [3.63, 3.8) is 0 Å². The highest BCUT2D eigenvalue weighted by Crippen LogP contribution is 2.33. The lowest BCUT2D eigenvalue weighted by Crippen LogP contribution is -2.13. The van der Waals surface area contributed by atoms with E-state index in [1.54, 1.807) is 0 Å². The summed E-state index contributed by atoms with van der Waals surface area (Å²) >= 11 is 0. The largest absolute Gasteiger partial charge is 0.421 e. The molecule has 0 saturated carbocycles. The van der Waals surface area contributed by atoms with E-state index in [2.05, 4.69) is 27.2 Å². The van der Waals surface area contributed by atoms with Gasteiger partial charge >= 0.3 is 6.18 Å². The van der Waals surface area contributed by atoms with Crippen molar-refractivity contribution in [3.05, 3.63) is 47.8 Å².